The van der Waals surface area contributed by atoms with Crippen LogP contribution < -0.4 is 10.2 Å². The summed E-state index contributed by atoms with van der Waals surface area (Å²) >= 11 is 10.7. The molecule has 1 aliphatic rings. The van der Waals surface area contributed by atoms with E-state index in [4.69, 9.17) is 16.3 Å². The van der Waals surface area contributed by atoms with Gasteiger partial charge in [0, 0.05) is 17.6 Å². The van der Waals surface area contributed by atoms with Crippen LogP contribution in [0.5, 0.6) is 0 Å². The summed E-state index contributed by atoms with van der Waals surface area (Å²) in [6.45, 7) is 4.34. The van der Waals surface area contributed by atoms with Crippen LogP contribution in [0.2, 0.25) is 5.02 Å². The number of carbonyl (C=O) groups excluding carboxylic acids is 2. The SMILES string of the molecule is CCOC(=O)c1csc(N2CC[C@@H](NC(=O)c3[nH]c(C)c(Br)c3Cl)[C@@H](F)C2)n1. The fourth-order valence-electron chi connectivity index (χ4n) is 2.92. The van der Waals surface area contributed by atoms with Gasteiger partial charge in [-0.05, 0) is 36.2 Å². The number of esters is 1. The van der Waals surface area contributed by atoms with Crippen molar-refractivity contribution in [3.63, 3.8) is 0 Å². The maximum Gasteiger partial charge on any atom is 0.357 e. The number of H-pyrrole nitrogens is 1. The molecule has 2 aromatic heterocycles. The van der Waals surface area contributed by atoms with Gasteiger partial charge in [-0.3, -0.25) is 4.79 Å². The molecule has 3 heterocycles. The number of carbonyl (C=O) groups is 2. The molecule has 152 valence electrons. The number of nitrogens with zero attached hydrogens (tertiary/aromatic N) is 2. The Hall–Kier alpha value is -1.65. The molecule has 0 spiro atoms. The van der Waals surface area contributed by atoms with Crippen LogP contribution in [-0.2, 0) is 4.74 Å². The first kappa shape index (κ1) is 21.1. The number of piperidine rings is 1. The molecule has 0 unspecified atom stereocenters. The molecule has 3 rings (SSSR count). The minimum absolute atomic E-state index is 0.0713. The van der Waals surface area contributed by atoms with Gasteiger partial charge in [0.15, 0.2) is 10.8 Å². The highest BCUT2D eigenvalue weighted by Crippen LogP contribution is 2.30. The first-order valence-corrected chi connectivity index (χ1v) is 10.7. The van der Waals surface area contributed by atoms with Gasteiger partial charge < -0.3 is 19.9 Å². The molecule has 28 heavy (non-hydrogen) atoms. The van der Waals surface area contributed by atoms with Gasteiger partial charge in [-0.2, -0.15) is 0 Å². The van der Waals surface area contributed by atoms with Gasteiger partial charge >= 0.3 is 5.97 Å². The van der Waals surface area contributed by atoms with Gasteiger partial charge in [-0.25, -0.2) is 14.2 Å². The second-order valence-electron chi connectivity index (χ2n) is 6.32. The molecule has 2 atom stereocenters. The molecule has 7 nitrogen and oxygen atoms in total. The van der Waals surface area contributed by atoms with Crippen LogP contribution in [0.4, 0.5) is 9.52 Å². The predicted octanol–water partition coefficient (Wildman–Crippen LogP) is 3.72. The third-order valence-corrected chi connectivity index (χ3v) is 6.88. The molecule has 0 aliphatic carbocycles. The van der Waals surface area contributed by atoms with Crippen molar-refractivity contribution in [3.8, 4) is 0 Å². The average molecular weight is 494 g/mol. The highest BCUT2D eigenvalue weighted by Gasteiger charge is 2.33. The number of aryl methyl sites for hydroxylation is 1. The van der Waals surface area contributed by atoms with Crippen LogP contribution >= 0.6 is 38.9 Å². The molecular formula is C17H19BrClFN4O3S. The Morgan fingerprint density at radius 3 is 2.93 bits per heavy atom. The fraction of sp³-hybridized carbons (Fsp3) is 0.471. The van der Waals surface area contributed by atoms with E-state index < -0.39 is 24.1 Å². The summed E-state index contributed by atoms with van der Waals surface area (Å²) in [5.74, 6) is -0.938. The van der Waals surface area contributed by atoms with Crippen molar-refractivity contribution < 1.29 is 18.7 Å². The molecule has 0 bridgehead atoms. The van der Waals surface area contributed by atoms with Crippen LogP contribution in [0.25, 0.3) is 0 Å². The fourth-order valence-corrected chi connectivity index (χ4v) is 4.32. The summed E-state index contributed by atoms with van der Waals surface area (Å²) in [4.78, 5) is 33.1. The number of ether oxygens (including phenoxy) is 1. The molecule has 0 saturated carbocycles. The molecule has 1 aliphatic heterocycles. The van der Waals surface area contributed by atoms with Crippen molar-refractivity contribution in [1.82, 2.24) is 15.3 Å². The van der Waals surface area contributed by atoms with Crippen LogP contribution in [0.15, 0.2) is 9.85 Å². The number of nitrogens with one attached hydrogen (secondary N) is 2. The van der Waals surface area contributed by atoms with E-state index in [0.717, 1.165) is 5.69 Å². The van der Waals surface area contributed by atoms with Crippen molar-refractivity contribution in [1.29, 1.82) is 0 Å². The maximum absolute atomic E-state index is 14.7. The zero-order valence-corrected chi connectivity index (χ0v) is 18.4. The Morgan fingerprint density at radius 1 is 1.57 bits per heavy atom. The highest BCUT2D eigenvalue weighted by molar-refractivity contribution is 9.10. The third kappa shape index (κ3) is 4.33. The predicted molar refractivity (Wildman–Crippen MR) is 109 cm³/mol. The Labute approximate surface area is 178 Å². The lowest BCUT2D eigenvalue weighted by molar-refractivity contribution is 0.0520. The second kappa shape index (κ2) is 8.79. The molecule has 11 heteroatoms. The van der Waals surface area contributed by atoms with Crippen LogP contribution in [0.1, 0.15) is 40.0 Å². The molecular weight excluding hydrogens is 475 g/mol. The van der Waals surface area contributed by atoms with Crippen molar-refractivity contribution >= 4 is 55.9 Å². The van der Waals surface area contributed by atoms with E-state index in [1.807, 2.05) is 0 Å². The quantitative estimate of drug-likeness (QED) is 0.620. The Balaban J connectivity index is 1.61. The van der Waals surface area contributed by atoms with Gasteiger partial charge in [-0.1, -0.05) is 11.6 Å². The lowest BCUT2D eigenvalue weighted by Crippen LogP contribution is -2.52. The lowest BCUT2D eigenvalue weighted by Gasteiger charge is -2.34. The number of hydrogen-bond acceptors (Lipinski definition) is 6. The number of alkyl halides is 1. The number of aromatic nitrogens is 2. The number of amides is 1. The number of anilines is 1. The highest BCUT2D eigenvalue weighted by atomic mass is 79.9. The van der Waals surface area contributed by atoms with Crippen LogP contribution in [0.3, 0.4) is 0 Å². The number of halogens is 3. The van der Waals surface area contributed by atoms with E-state index in [-0.39, 0.29) is 29.6 Å². The van der Waals surface area contributed by atoms with Gasteiger partial charge in [0.2, 0.25) is 0 Å². The number of thiazole rings is 1. The summed E-state index contributed by atoms with van der Waals surface area (Å²) in [7, 11) is 0. The van der Waals surface area contributed by atoms with E-state index in [2.05, 4.69) is 31.2 Å². The molecule has 1 fully saturated rings. The topological polar surface area (TPSA) is 87.3 Å². The molecule has 1 amide bonds. The van der Waals surface area contributed by atoms with Gasteiger partial charge in [0.25, 0.3) is 5.91 Å². The largest absolute Gasteiger partial charge is 0.461 e. The van der Waals surface area contributed by atoms with E-state index >= 15 is 0 Å². The monoisotopic (exact) mass is 492 g/mol. The summed E-state index contributed by atoms with van der Waals surface area (Å²) in [5.41, 5.74) is 1.15. The molecule has 1 saturated heterocycles. The molecule has 0 radical (unpaired) electrons. The van der Waals surface area contributed by atoms with E-state index in [1.165, 1.54) is 11.3 Å². The Bertz CT molecular complexity index is 890. The summed E-state index contributed by atoms with van der Waals surface area (Å²) in [6, 6.07) is -0.633. The van der Waals surface area contributed by atoms with E-state index in [1.54, 1.807) is 24.1 Å². The van der Waals surface area contributed by atoms with Gasteiger partial charge in [-0.15, -0.1) is 11.3 Å². The zero-order valence-electron chi connectivity index (χ0n) is 15.2. The first-order chi connectivity index (χ1) is 13.3. The number of aromatic amines is 1. The lowest BCUT2D eigenvalue weighted by atomic mass is 10.0. The Kier molecular flexibility index (Phi) is 6.61. The summed E-state index contributed by atoms with van der Waals surface area (Å²) in [5, 5.41) is 5.14. The Morgan fingerprint density at radius 2 is 2.32 bits per heavy atom. The van der Waals surface area contributed by atoms with Crippen molar-refractivity contribution in [2.45, 2.75) is 32.5 Å². The summed E-state index contributed by atoms with van der Waals surface area (Å²) in [6.07, 6.45) is -0.884. The normalized spacial score (nSPS) is 19.5. The standard InChI is InChI=1S/C17H19BrClFN4O3S/c1-3-27-16(26)11-7-28-17(23-11)24-5-4-10(9(20)6-24)22-15(25)14-13(19)12(18)8(2)21-14/h7,9-10,21H,3-6H2,1-2H3,(H,22,25)/t9-,10+/m0/s1. The van der Waals surface area contributed by atoms with Crippen LogP contribution in [0, 0.1) is 6.92 Å². The average Bonchev–Trinajstić information content (AvgIpc) is 3.25. The van der Waals surface area contributed by atoms with E-state index in [0.29, 0.717) is 22.6 Å². The molecule has 2 aromatic rings. The van der Waals surface area contributed by atoms with Crippen LogP contribution in [-0.4, -0.2) is 53.8 Å². The maximum atomic E-state index is 14.7. The van der Waals surface area contributed by atoms with Crippen molar-refractivity contribution in [2.24, 2.45) is 0 Å². The first-order valence-electron chi connectivity index (χ1n) is 8.67. The van der Waals surface area contributed by atoms with Gasteiger partial charge in [0.1, 0.15) is 11.9 Å². The second-order valence-corrected chi connectivity index (χ2v) is 8.33. The smallest absolute Gasteiger partial charge is 0.357 e. The molecule has 2 N–H and O–H groups in total. The van der Waals surface area contributed by atoms with E-state index in [9.17, 15) is 14.0 Å². The minimum atomic E-state index is -1.29. The number of rotatable bonds is 5. The van der Waals surface area contributed by atoms with Crippen molar-refractivity contribution in [2.75, 3.05) is 24.6 Å². The minimum Gasteiger partial charge on any atom is -0.461 e. The number of hydrogen-bond donors (Lipinski definition) is 2. The molecule has 0 aromatic carbocycles. The summed E-state index contributed by atoms with van der Waals surface area (Å²) < 4.78 is 20.2. The van der Waals surface area contributed by atoms with Crippen molar-refractivity contribution in [3.05, 3.63) is 32.0 Å². The third-order valence-electron chi connectivity index (χ3n) is 4.39. The van der Waals surface area contributed by atoms with Gasteiger partial charge in [0.05, 0.1) is 28.7 Å². The zero-order chi connectivity index (χ0) is 20.4.